The van der Waals surface area contributed by atoms with Gasteiger partial charge in [-0.25, -0.2) is 11.6 Å². The van der Waals surface area contributed by atoms with Crippen LogP contribution in [0.2, 0.25) is 0 Å². The molecule has 0 bridgehead atoms. The Labute approximate surface area is 285 Å². The summed E-state index contributed by atoms with van der Waals surface area (Å²) in [5.41, 5.74) is 5.67. The van der Waals surface area contributed by atoms with Crippen LogP contribution in [-0.2, 0) is 21.7 Å². The van der Waals surface area contributed by atoms with Gasteiger partial charge in [-0.2, -0.15) is 5.20 Å². The Hall–Kier alpha value is -1.06. The fourth-order valence-electron chi connectivity index (χ4n) is 5.63. The molecule has 0 unspecified atom stereocenters. The van der Waals surface area contributed by atoms with E-state index in [-0.39, 0.29) is 64.4 Å². The van der Waals surface area contributed by atoms with Crippen molar-refractivity contribution in [2.24, 2.45) is 5.41 Å². The smallest absolute Gasteiger partial charge is 1.00 e. The minimum absolute atomic E-state index is 0. The predicted molar refractivity (Wildman–Crippen MR) is 165 cm³/mol. The van der Waals surface area contributed by atoms with Gasteiger partial charge in [0.1, 0.15) is 0 Å². The molecule has 0 aromatic heterocycles. The van der Waals surface area contributed by atoms with Crippen molar-refractivity contribution in [2.45, 2.75) is 86.5 Å². The zero-order valence-corrected chi connectivity index (χ0v) is 30.9. The third-order valence-corrected chi connectivity index (χ3v) is 12.8. The van der Waals surface area contributed by atoms with E-state index >= 15 is 0 Å². The van der Waals surface area contributed by atoms with Gasteiger partial charge in [0.05, 0.1) is 0 Å². The van der Waals surface area contributed by atoms with Crippen LogP contribution in [-0.4, -0.2) is 8.07 Å². The van der Waals surface area contributed by atoms with Gasteiger partial charge in [0.25, 0.3) is 0 Å². The Morgan fingerprint density at radius 1 is 0.610 bits per heavy atom. The number of rotatable bonds is 7. The summed E-state index contributed by atoms with van der Waals surface area (Å²) in [5.74, 6) is 1.46. The summed E-state index contributed by atoms with van der Waals surface area (Å²) in [6.07, 6.45) is 7.47. The molecule has 1 aliphatic carbocycles. The van der Waals surface area contributed by atoms with E-state index in [1.165, 1.54) is 43.0 Å². The minimum Gasteiger partial charge on any atom is -1.00 e. The number of allylic oxidation sites excluding steroid dienone is 4. The van der Waals surface area contributed by atoms with E-state index in [9.17, 15) is 0 Å². The van der Waals surface area contributed by atoms with E-state index in [0.29, 0.717) is 17.8 Å². The van der Waals surface area contributed by atoms with Gasteiger partial charge < -0.3 is 37.2 Å². The molecule has 0 saturated heterocycles. The molecule has 0 heterocycles. The monoisotopic (exact) mass is 658 g/mol. The van der Waals surface area contributed by atoms with Crippen molar-refractivity contribution in [3.05, 3.63) is 112 Å². The molecule has 0 radical (unpaired) electrons. The molecular weight excluding hydrogens is 615 g/mol. The molecule has 0 spiro atoms. The van der Waals surface area contributed by atoms with Crippen molar-refractivity contribution in [2.75, 3.05) is 0 Å². The van der Waals surface area contributed by atoms with E-state index in [4.69, 9.17) is 0 Å². The number of hydrogen-bond donors (Lipinski definition) is 0. The molecule has 218 valence electrons. The van der Waals surface area contributed by atoms with Crippen molar-refractivity contribution >= 4 is 23.6 Å². The summed E-state index contributed by atoms with van der Waals surface area (Å²) < 4.78 is 0. The summed E-state index contributed by atoms with van der Waals surface area (Å²) in [4.78, 5) is 0. The molecule has 3 aromatic rings. The van der Waals surface area contributed by atoms with Crippen LogP contribution >= 0.6 is 0 Å². The molecule has 5 heteroatoms. The molecule has 0 N–H and O–H groups in total. The topological polar surface area (TPSA) is 0 Å². The van der Waals surface area contributed by atoms with E-state index in [1.54, 1.807) is 0 Å². The fraction of sp³-hybridized carbons (Fsp3) is 0.389. The van der Waals surface area contributed by atoms with Crippen molar-refractivity contribution in [1.29, 1.82) is 0 Å². The average molecular weight is 660 g/mol. The van der Waals surface area contributed by atoms with E-state index in [2.05, 4.69) is 147 Å². The molecule has 1 aliphatic rings. The maximum atomic E-state index is 4.05. The van der Waals surface area contributed by atoms with Gasteiger partial charge in [0.15, 0.2) is 8.07 Å². The number of hydrogen-bond acceptors (Lipinski definition) is 0. The summed E-state index contributed by atoms with van der Waals surface area (Å²) in [7, 11) is -2.59. The van der Waals surface area contributed by atoms with Crippen LogP contribution in [0.4, 0.5) is 0 Å². The molecule has 0 atom stereocenters. The summed E-state index contributed by atoms with van der Waals surface area (Å²) in [6, 6.07) is 28.6. The fourth-order valence-corrected chi connectivity index (χ4v) is 10.6. The van der Waals surface area contributed by atoms with Gasteiger partial charge in [0, 0.05) is 0 Å². The second-order valence-electron chi connectivity index (χ2n) is 12.8. The van der Waals surface area contributed by atoms with Crippen molar-refractivity contribution < 1.29 is 58.9 Å². The third-order valence-electron chi connectivity index (χ3n) is 8.02. The van der Waals surface area contributed by atoms with Crippen LogP contribution in [0, 0.1) is 11.5 Å². The van der Waals surface area contributed by atoms with Crippen LogP contribution in [0.5, 0.6) is 0 Å². The first-order valence-corrected chi connectivity index (χ1v) is 16.1. The second kappa shape index (κ2) is 16.1. The second-order valence-corrected chi connectivity index (χ2v) is 16.6. The predicted octanol–water partition coefficient (Wildman–Crippen LogP) is -0.819. The van der Waals surface area contributed by atoms with E-state index < -0.39 is 8.07 Å². The Balaban J connectivity index is 0.00000400. The molecule has 0 aliphatic heterocycles. The Kier molecular flexibility index (Phi) is 15.7. The molecule has 41 heavy (non-hydrogen) atoms. The molecule has 0 amide bonds. The van der Waals surface area contributed by atoms with Gasteiger partial charge in [-0.3, -0.25) is 6.08 Å². The summed E-state index contributed by atoms with van der Waals surface area (Å²) in [5, 5.41) is 5.92. The normalized spacial score (nSPS) is 13.1. The van der Waals surface area contributed by atoms with Gasteiger partial charge in [0.2, 0.25) is 0 Å². The van der Waals surface area contributed by atoms with Crippen molar-refractivity contribution in [3.8, 4) is 0 Å². The quantitative estimate of drug-likeness (QED) is 0.177. The van der Waals surface area contributed by atoms with Crippen LogP contribution < -0.4 is 52.8 Å². The average Bonchev–Trinajstić information content (AvgIpc) is 3.36. The van der Waals surface area contributed by atoms with Crippen LogP contribution in [0.15, 0.2) is 89.6 Å². The van der Waals surface area contributed by atoms with Gasteiger partial charge in [-0.1, -0.05) is 142 Å². The van der Waals surface area contributed by atoms with Crippen molar-refractivity contribution in [1.82, 2.24) is 0 Å². The Morgan fingerprint density at radius 2 is 0.951 bits per heavy atom. The van der Waals surface area contributed by atoms with Gasteiger partial charge in [-0.15, -0.1) is 0 Å². The van der Waals surface area contributed by atoms with Crippen molar-refractivity contribution in [3.63, 3.8) is 0 Å². The number of halogens is 3. The van der Waals surface area contributed by atoms with Crippen LogP contribution in [0.1, 0.15) is 103 Å². The molecule has 4 rings (SSSR count). The molecule has 3 aromatic carbocycles. The maximum Gasteiger partial charge on any atom is 4.00 e. The SMILES string of the molecule is CC(C)c1cccc([Si](C2=[C-]C(C(C)(C)C)=CC2)(c2cccc(C(C)C)c2)c2cccc(C(C)C)c2)c1.[Cl-].[Cl-].[Cl-].[Ti+4]. The first-order chi connectivity index (χ1) is 17.4. The largest absolute Gasteiger partial charge is 4.00 e. The first kappa shape index (κ1) is 39.9. The maximum absolute atomic E-state index is 4.05. The Morgan fingerprint density at radius 3 is 1.22 bits per heavy atom. The van der Waals surface area contributed by atoms with Crippen LogP contribution in [0.3, 0.4) is 0 Å². The molecule has 0 nitrogen and oxygen atoms in total. The van der Waals surface area contributed by atoms with Gasteiger partial charge >= 0.3 is 21.7 Å². The van der Waals surface area contributed by atoms with E-state index in [0.717, 1.165) is 6.42 Å². The number of benzene rings is 3. The molecular formula is C36H45Cl3SiTi. The first-order valence-electron chi connectivity index (χ1n) is 14.1. The standard InChI is InChI=1S/C36H45Si.3ClH.Ti/c1-25(2)28-13-10-16-32(21-28)37(33-17-11-14-29(22-33)26(3)4,34-18-12-15-30(23-34)27(5)6)35-20-19-31(24-35)36(7,8)9;;;;/h10-19,21-23,25-27H,20H2,1-9H3;3*1H;/q-1;;;;+4/p-3. The minimum atomic E-state index is -2.59. The Bertz CT molecular complexity index is 1210. The summed E-state index contributed by atoms with van der Waals surface area (Å²) in [6.45, 7) is 20.8. The molecule has 0 saturated carbocycles. The summed E-state index contributed by atoms with van der Waals surface area (Å²) >= 11 is 0. The van der Waals surface area contributed by atoms with E-state index in [1.807, 2.05) is 0 Å². The zero-order chi connectivity index (χ0) is 27.0. The zero-order valence-electron chi connectivity index (χ0n) is 26.1. The van der Waals surface area contributed by atoms with Crippen LogP contribution in [0.25, 0.3) is 0 Å². The molecule has 0 fully saturated rings. The van der Waals surface area contributed by atoms with Gasteiger partial charge in [-0.05, 0) is 55.4 Å². The third kappa shape index (κ3) is 8.32.